The van der Waals surface area contributed by atoms with Crippen LogP contribution >= 0.6 is 11.8 Å². The average Bonchev–Trinajstić information content (AvgIpc) is 3.21. The molecular formula is C23H24N5NaO8S. The monoisotopic (exact) mass is 553 g/mol. The van der Waals surface area contributed by atoms with E-state index in [4.69, 9.17) is 4.74 Å². The van der Waals surface area contributed by atoms with Gasteiger partial charge in [-0.1, -0.05) is 30.3 Å². The van der Waals surface area contributed by atoms with Crippen molar-refractivity contribution < 1.29 is 68.2 Å². The fraction of sp³-hybridized carbons (Fsp3) is 0.391. The van der Waals surface area contributed by atoms with Gasteiger partial charge in [0.2, 0.25) is 5.91 Å². The molecule has 13 nitrogen and oxygen atoms in total. The smallest absolute Gasteiger partial charge is 0.543 e. The maximum atomic E-state index is 13.3. The molecule has 2 fully saturated rings. The van der Waals surface area contributed by atoms with Crippen LogP contribution in [0.4, 0.5) is 9.59 Å². The normalized spacial score (nSPS) is 21.2. The van der Waals surface area contributed by atoms with Gasteiger partial charge in [0.25, 0.3) is 5.91 Å². The first-order valence-corrected chi connectivity index (χ1v) is 12.3. The number of ether oxygens (including phenoxy) is 1. The summed E-state index contributed by atoms with van der Waals surface area (Å²) in [5, 5.41) is 16.2. The van der Waals surface area contributed by atoms with Crippen molar-refractivity contribution in [2.75, 3.05) is 32.5 Å². The molecule has 15 heteroatoms. The molecule has 2 saturated heterocycles. The number of carboxylic acid groups (broad SMARTS) is 1. The van der Waals surface area contributed by atoms with E-state index in [9.17, 15) is 33.9 Å². The summed E-state index contributed by atoms with van der Waals surface area (Å²) in [6.07, 6.45) is 0. The van der Waals surface area contributed by atoms with Gasteiger partial charge < -0.3 is 30.2 Å². The zero-order valence-electron chi connectivity index (χ0n) is 21.0. The molecule has 1 aromatic carbocycles. The zero-order chi connectivity index (χ0) is 26.9. The van der Waals surface area contributed by atoms with E-state index in [0.29, 0.717) is 12.1 Å². The molecule has 1 unspecified atom stereocenters. The molecule has 3 heterocycles. The van der Waals surface area contributed by atoms with E-state index in [2.05, 4.69) is 10.6 Å². The molecule has 6 amide bonds. The number of thioether (sulfide) groups is 1. The van der Waals surface area contributed by atoms with E-state index in [1.807, 2.05) is 0 Å². The van der Waals surface area contributed by atoms with E-state index >= 15 is 0 Å². The molecule has 0 aliphatic carbocycles. The molecule has 3 aliphatic heterocycles. The van der Waals surface area contributed by atoms with Gasteiger partial charge in [-0.25, -0.2) is 14.5 Å². The quantitative estimate of drug-likeness (QED) is 0.193. The predicted molar refractivity (Wildman–Crippen MR) is 126 cm³/mol. The van der Waals surface area contributed by atoms with Crippen LogP contribution < -0.4 is 45.3 Å². The first kappa shape index (κ1) is 29.5. The number of imide groups is 1. The maximum absolute atomic E-state index is 13.3. The number of esters is 1. The number of hydrogen-bond acceptors (Lipinski definition) is 9. The van der Waals surface area contributed by atoms with Crippen molar-refractivity contribution in [2.45, 2.75) is 24.4 Å². The molecule has 0 bridgehead atoms. The van der Waals surface area contributed by atoms with Crippen LogP contribution in [0.1, 0.15) is 18.5 Å². The molecule has 3 aliphatic rings. The van der Waals surface area contributed by atoms with E-state index in [-0.39, 0.29) is 59.7 Å². The zero-order valence-corrected chi connectivity index (χ0v) is 23.8. The summed E-state index contributed by atoms with van der Waals surface area (Å²) in [7, 11) is 1.56. The van der Waals surface area contributed by atoms with Crippen LogP contribution in [0.2, 0.25) is 0 Å². The summed E-state index contributed by atoms with van der Waals surface area (Å²) >= 11 is 1.19. The van der Waals surface area contributed by atoms with Crippen molar-refractivity contribution in [1.29, 1.82) is 0 Å². The molecule has 0 radical (unpaired) electrons. The van der Waals surface area contributed by atoms with Gasteiger partial charge >= 0.3 is 47.6 Å². The third-order valence-corrected chi connectivity index (χ3v) is 7.45. The third kappa shape index (κ3) is 5.82. The molecule has 1 aromatic rings. The fourth-order valence-electron chi connectivity index (χ4n) is 4.19. The molecule has 2 N–H and O–H groups in total. The molecule has 0 spiro atoms. The molecule has 38 heavy (non-hydrogen) atoms. The van der Waals surface area contributed by atoms with Crippen LogP contribution in [-0.2, 0) is 23.9 Å². The number of aliphatic carboxylic acids is 1. The number of fused-ring (bicyclic) bond motifs is 1. The summed E-state index contributed by atoms with van der Waals surface area (Å²) < 4.78 is 4.89. The van der Waals surface area contributed by atoms with Gasteiger partial charge in [-0.2, -0.15) is 0 Å². The third-order valence-electron chi connectivity index (χ3n) is 6.11. The summed E-state index contributed by atoms with van der Waals surface area (Å²) in [6.45, 7) is 1.39. The summed E-state index contributed by atoms with van der Waals surface area (Å²) in [5.74, 6) is -3.45. The number of urea groups is 2. The van der Waals surface area contributed by atoms with E-state index < -0.39 is 53.3 Å². The molecule has 4 rings (SSSR count). The van der Waals surface area contributed by atoms with E-state index in [1.54, 1.807) is 37.4 Å². The topological polar surface area (TPSA) is 168 Å². The number of carboxylic acids is 1. The number of β-lactam (4-membered cyclic amide) rings is 1. The van der Waals surface area contributed by atoms with Gasteiger partial charge in [0.15, 0.2) is 0 Å². The average molecular weight is 554 g/mol. The number of nitrogens with zero attached hydrogens (tertiary/aromatic N) is 3. The first-order chi connectivity index (χ1) is 17.6. The summed E-state index contributed by atoms with van der Waals surface area (Å²) in [5.41, 5.74) is 0.251. The minimum Gasteiger partial charge on any atom is -0.543 e. The van der Waals surface area contributed by atoms with Gasteiger partial charge in [-0.15, -0.1) is 11.8 Å². The minimum atomic E-state index is -1.60. The first-order valence-electron chi connectivity index (χ1n) is 11.3. The number of amides is 6. The van der Waals surface area contributed by atoms with Gasteiger partial charge in [-0.3, -0.25) is 19.3 Å². The number of rotatable bonds is 7. The van der Waals surface area contributed by atoms with Crippen molar-refractivity contribution in [3.63, 3.8) is 0 Å². The number of benzene rings is 1. The molecule has 3 atom stereocenters. The van der Waals surface area contributed by atoms with Crippen molar-refractivity contribution in [3.8, 4) is 0 Å². The number of likely N-dealkylation sites (N-methyl/N-ethyl adjacent to an activating group) is 1. The summed E-state index contributed by atoms with van der Waals surface area (Å²) in [4.78, 5) is 77.5. The van der Waals surface area contributed by atoms with Gasteiger partial charge in [0.1, 0.15) is 24.1 Å². The Labute approximate surface area is 244 Å². The molecule has 196 valence electrons. The Kier molecular flexibility index (Phi) is 9.46. The number of nitrogens with one attached hydrogen (secondary N) is 2. The van der Waals surface area contributed by atoms with Crippen molar-refractivity contribution in [2.24, 2.45) is 0 Å². The van der Waals surface area contributed by atoms with E-state index in [0.717, 1.165) is 9.80 Å². The Bertz CT molecular complexity index is 1200. The second-order valence-corrected chi connectivity index (χ2v) is 9.67. The number of hydrogen-bond donors (Lipinski definition) is 2. The Morgan fingerprint density at radius 1 is 1.16 bits per heavy atom. The summed E-state index contributed by atoms with van der Waals surface area (Å²) in [6, 6.07) is 4.76. The van der Waals surface area contributed by atoms with Gasteiger partial charge in [-0.05, 0) is 5.56 Å². The fourth-order valence-corrected chi connectivity index (χ4v) is 5.52. The second-order valence-electron chi connectivity index (χ2n) is 8.56. The Morgan fingerprint density at radius 2 is 1.84 bits per heavy atom. The molecule has 0 aromatic heterocycles. The standard InChI is InChI=1S/C23H25N5O8S.Na/c1-12(29)36-10-14-11-37-20-16(19(31)28(20)17(14)21(32)33)24-18(30)15(13-6-4-3-5-7-13)25-22(34)27-9-8-26(2)23(27)35;/h3-7,15-16,20H,8-11H2,1-2H3,(H,24,30)(H,25,34)(H,32,33);/q;+1/p-1/t15-,16?,20-;/m1./s1. The van der Waals surface area contributed by atoms with Crippen LogP contribution in [0.15, 0.2) is 41.6 Å². The Morgan fingerprint density at radius 3 is 2.42 bits per heavy atom. The number of carbonyl (C=O) groups excluding carboxylic acids is 6. The Hall–Kier alpha value is -3.07. The minimum absolute atomic E-state index is 0. The van der Waals surface area contributed by atoms with Crippen LogP contribution in [-0.4, -0.2) is 94.4 Å². The largest absolute Gasteiger partial charge is 1.00 e. The van der Waals surface area contributed by atoms with Gasteiger partial charge in [0, 0.05) is 38.4 Å². The Balaban J connectivity index is 0.00000400. The van der Waals surface area contributed by atoms with Gasteiger partial charge in [0.05, 0.1) is 11.7 Å². The van der Waals surface area contributed by atoms with Crippen LogP contribution in [0, 0.1) is 0 Å². The van der Waals surface area contributed by atoms with E-state index in [1.165, 1.54) is 23.6 Å². The van der Waals surface area contributed by atoms with Crippen molar-refractivity contribution >= 4 is 47.6 Å². The predicted octanol–water partition coefficient (Wildman–Crippen LogP) is -4.22. The maximum Gasteiger partial charge on any atom is 1.00 e. The SMILES string of the molecule is CC(=O)OCC1=C(C(=O)[O-])N2C(=O)C(NC(=O)[C@H](NC(=O)N3CCN(C)C3=O)c3ccccc3)[C@H]2SC1.[Na+]. The molecule has 0 saturated carbocycles. The van der Waals surface area contributed by atoms with Crippen LogP contribution in [0.3, 0.4) is 0 Å². The molecular weight excluding hydrogens is 529 g/mol. The van der Waals surface area contributed by atoms with Crippen LogP contribution in [0.5, 0.6) is 0 Å². The van der Waals surface area contributed by atoms with Crippen LogP contribution in [0.25, 0.3) is 0 Å². The van der Waals surface area contributed by atoms with Crippen molar-refractivity contribution in [3.05, 3.63) is 47.2 Å². The van der Waals surface area contributed by atoms with Crippen molar-refractivity contribution in [1.82, 2.24) is 25.3 Å². The number of carbonyl (C=O) groups is 6. The second kappa shape index (κ2) is 12.2.